The summed E-state index contributed by atoms with van der Waals surface area (Å²) in [5, 5.41) is 4.39. The molecule has 1 fully saturated rings. The Balaban J connectivity index is 1.36. The van der Waals surface area contributed by atoms with Gasteiger partial charge in [0.05, 0.1) is 17.0 Å². The van der Waals surface area contributed by atoms with Crippen LogP contribution in [0.5, 0.6) is 5.75 Å². The maximum absolute atomic E-state index is 6.35. The molecular weight excluding hydrogens is 362 g/mol. The van der Waals surface area contributed by atoms with E-state index in [1.807, 2.05) is 43.6 Å². The third-order valence-electron chi connectivity index (χ3n) is 5.50. The van der Waals surface area contributed by atoms with Crippen molar-refractivity contribution in [1.82, 2.24) is 15.0 Å². The lowest BCUT2D eigenvalue weighted by atomic mass is 9.93. The number of hydrogen-bond donors (Lipinski definition) is 2. The van der Waals surface area contributed by atoms with E-state index in [1.165, 1.54) is 5.56 Å². The number of hydrogen-bond acceptors (Lipinski definition) is 6. The van der Waals surface area contributed by atoms with Gasteiger partial charge in [-0.05, 0) is 62.8 Å². The molecule has 1 aliphatic rings. The lowest BCUT2D eigenvalue weighted by Crippen LogP contribution is -2.31. The summed E-state index contributed by atoms with van der Waals surface area (Å²) in [5.41, 5.74) is 9.98. The highest BCUT2D eigenvalue weighted by atomic mass is 16.5. The molecule has 2 aromatic heterocycles. The summed E-state index contributed by atoms with van der Waals surface area (Å²) in [6.45, 7) is 4.12. The highest BCUT2D eigenvalue weighted by molar-refractivity contribution is 5.95. The molecular formula is C23H29N5O. The number of rotatable bonds is 6. The smallest absolute Gasteiger partial charge is 0.222 e. The predicted octanol–water partition coefficient (Wildman–Crippen LogP) is 4.67. The molecule has 1 saturated carbocycles. The van der Waals surface area contributed by atoms with Gasteiger partial charge in [0.25, 0.3) is 0 Å². The second kappa shape index (κ2) is 8.64. The number of nitrogen functional groups attached to an aromatic ring is 1. The zero-order chi connectivity index (χ0) is 20.2. The van der Waals surface area contributed by atoms with E-state index in [4.69, 9.17) is 10.5 Å². The highest BCUT2D eigenvalue weighted by Gasteiger charge is 2.23. The van der Waals surface area contributed by atoms with E-state index in [1.54, 1.807) is 0 Å². The Morgan fingerprint density at radius 1 is 1.14 bits per heavy atom. The topological polar surface area (TPSA) is 86.0 Å². The van der Waals surface area contributed by atoms with Gasteiger partial charge in [-0.3, -0.25) is 4.98 Å². The molecule has 6 heteroatoms. The number of aromatic nitrogens is 3. The van der Waals surface area contributed by atoms with Crippen molar-refractivity contribution in [2.45, 2.75) is 64.5 Å². The molecule has 0 unspecified atom stereocenters. The number of benzene rings is 1. The van der Waals surface area contributed by atoms with E-state index in [0.717, 1.165) is 72.5 Å². The Morgan fingerprint density at radius 2 is 1.90 bits per heavy atom. The number of aryl methyl sites for hydroxylation is 2. The van der Waals surface area contributed by atoms with Crippen molar-refractivity contribution in [3.63, 3.8) is 0 Å². The number of ether oxygens (including phenoxy) is 1. The van der Waals surface area contributed by atoms with Gasteiger partial charge in [-0.1, -0.05) is 19.4 Å². The predicted molar refractivity (Wildman–Crippen MR) is 117 cm³/mol. The number of fused-ring (bicyclic) bond motifs is 1. The summed E-state index contributed by atoms with van der Waals surface area (Å²) in [4.78, 5) is 13.5. The standard InChI is InChI=1S/C23H29N5O/c1-3-5-16-13-25-23(26-14-16)28-17-8-10-18(11-9-17)29-21-7-4-6-20-22(21)19(24)12-15(2)27-20/h4,6-7,12-14,17-18H,3,5,8-11H2,1-2H3,(H2,24,27)(H,25,26,28)/t17-,18-. The Labute approximate surface area is 171 Å². The van der Waals surface area contributed by atoms with E-state index in [9.17, 15) is 0 Å². The van der Waals surface area contributed by atoms with Crippen molar-refractivity contribution < 1.29 is 4.74 Å². The summed E-state index contributed by atoms with van der Waals surface area (Å²) in [7, 11) is 0. The first-order valence-electron chi connectivity index (χ1n) is 10.5. The van der Waals surface area contributed by atoms with Gasteiger partial charge in [-0.15, -0.1) is 0 Å². The molecule has 0 bridgehead atoms. The van der Waals surface area contributed by atoms with Gasteiger partial charge >= 0.3 is 0 Å². The van der Waals surface area contributed by atoms with Crippen LogP contribution in [0.15, 0.2) is 36.7 Å². The Kier molecular flexibility index (Phi) is 5.79. The summed E-state index contributed by atoms with van der Waals surface area (Å²) in [5.74, 6) is 1.55. The molecule has 0 radical (unpaired) electrons. The Hall–Kier alpha value is -2.89. The minimum Gasteiger partial charge on any atom is -0.490 e. The fourth-order valence-corrected chi connectivity index (χ4v) is 4.05. The first-order valence-corrected chi connectivity index (χ1v) is 10.5. The van der Waals surface area contributed by atoms with Crippen LogP contribution >= 0.6 is 0 Å². The van der Waals surface area contributed by atoms with Crippen LogP contribution in [0.1, 0.15) is 50.3 Å². The second-order valence-electron chi connectivity index (χ2n) is 7.90. The van der Waals surface area contributed by atoms with Crippen LogP contribution in [0.2, 0.25) is 0 Å². The lowest BCUT2D eigenvalue weighted by molar-refractivity contribution is 0.152. The van der Waals surface area contributed by atoms with E-state index >= 15 is 0 Å². The Morgan fingerprint density at radius 3 is 2.62 bits per heavy atom. The number of anilines is 2. The van der Waals surface area contributed by atoms with Crippen molar-refractivity contribution in [1.29, 1.82) is 0 Å². The SMILES string of the molecule is CCCc1cnc(N[C@H]2CC[C@H](Oc3cccc4nc(C)cc(N)c34)CC2)nc1. The maximum atomic E-state index is 6.35. The van der Waals surface area contributed by atoms with Crippen molar-refractivity contribution in [3.8, 4) is 5.75 Å². The molecule has 3 N–H and O–H groups in total. The molecule has 6 nitrogen and oxygen atoms in total. The van der Waals surface area contributed by atoms with Crippen molar-refractivity contribution in [2.24, 2.45) is 0 Å². The molecule has 0 saturated heterocycles. The number of nitrogens with one attached hydrogen (secondary N) is 1. The van der Waals surface area contributed by atoms with E-state index in [-0.39, 0.29) is 6.10 Å². The van der Waals surface area contributed by atoms with Gasteiger partial charge in [0, 0.05) is 29.8 Å². The van der Waals surface area contributed by atoms with E-state index in [0.29, 0.717) is 6.04 Å². The molecule has 4 rings (SSSR count). The molecule has 2 heterocycles. The van der Waals surface area contributed by atoms with Crippen molar-refractivity contribution in [3.05, 3.63) is 47.9 Å². The summed E-state index contributed by atoms with van der Waals surface area (Å²) < 4.78 is 6.35. The molecule has 1 aromatic carbocycles. The van der Waals surface area contributed by atoms with Crippen LogP contribution in [0.25, 0.3) is 10.9 Å². The number of nitrogens with two attached hydrogens (primary N) is 1. The number of pyridine rings is 1. The number of nitrogens with zero attached hydrogens (tertiary/aromatic N) is 3. The zero-order valence-electron chi connectivity index (χ0n) is 17.2. The summed E-state index contributed by atoms with van der Waals surface area (Å²) in [6, 6.07) is 8.25. The van der Waals surface area contributed by atoms with Crippen LogP contribution in [-0.4, -0.2) is 27.1 Å². The summed E-state index contributed by atoms with van der Waals surface area (Å²) in [6.07, 6.45) is 10.2. The lowest BCUT2D eigenvalue weighted by Gasteiger charge is -2.30. The van der Waals surface area contributed by atoms with Crippen LogP contribution in [0.4, 0.5) is 11.6 Å². The highest BCUT2D eigenvalue weighted by Crippen LogP contribution is 2.33. The minimum absolute atomic E-state index is 0.187. The monoisotopic (exact) mass is 391 g/mol. The first kappa shape index (κ1) is 19.4. The van der Waals surface area contributed by atoms with E-state index in [2.05, 4.69) is 27.2 Å². The summed E-state index contributed by atoms with van der Waals surface area (Å²) >= 11 is 0. The van der Waals surface area contributed by atoms with Crippen LogP contribution in [0.3, 0.4) is 0 Å². The largest absolute Gasteiger partial charge is 0.490 e. The van der Waals surface area contributed by atoms with Crippen molar-refractivity contribution >= 4 is 22.5 Å². The molecule has 0 amide bonds. The van der Waals surface area contributed by atoms with Crippen molar-refractivity contribution in [2.75, 3.05) is 11.1 Å². The first-order chi connectivity index (χ1) is 14.1. The van der Waals surface area contributed by atoms with Gasteiger partial charge in [0.15, 0.2) is 0 Å². The molecule has 3 aromatic rings. The van der Waals surface area contributed by atoms with Gasteiger partial charge in [-0.2, -0.15) is 0 Å². The molecule has 0 atom stereocenters. The molecule has 152 valence electrons. The third kappa shape index (κ3) is 4.58. The molecule has 1 aliphatic carbocycles. The van der Waals surface area contributed by atoms with E-state index < -0.39 is 0 Å². The van der Waals surface area contributed by atoms with Gasteiger partial charge < -0.3 is 15.8 Å². The van der Waals surface area contributed by atoms with Crippen LogP contribution < -0.4 is 15.8 Å². The normalized spacial score (nSPS) is 19.2. The van der Waals surface area contributed by atoms with Crippen LogP contribution in [0, 0.1) is 6.92 Å². The Bertz CT molecular complexity index is 965. The van der Waals surface area contributed by atoms with Crippen LogP contribution in [-0.2, 0) is 6.42 Å². The third-order valence-corrected chi connectivity index (χ3v) is 5.50. The fraction of sp³-hybridized carbons (Fsp3) is 0.435. The van der Waals surface area contributed by atoms with Gasteiger partial charge in [-0.25, -0.2) is 9.97 Å². The fourth-order valence-electron chi connectivity index (χ4n) is 4.05. The zero-order valence-corrected chi connectivity index (χ0v) is 17.2. The average Bonchev–Trinajstić information content (AvgIpc) is 2.71. The minimum atomic E-state index is 0.187. The molecule has 29 heavy (non-hydrogen) atoms. The van der Waals surface area contributed by atoms with Gasteiger partial charge in [0.2, 0.25) is 5.95 Å². The molecule has 0 spiro atoms. The maximum Gasteiger partial charge on any atom is 0.222 e. The molecule has 0 aliphatic heterocycles. The average molecular weight is 392 g/mol. The quantitative estimate of drug-likeness (QED) is 0.635. The van der Waals surface area contributed by atoms with Gasteiger partial charge in [0.1, 0.15) is 5.75 Å². The second-order valence-corrected chi connectivity index (χ2v) is 7.90.